The van der Waals surface area contributed by atoms with E-state index >= 15 is 0 Å². The Bertz CT molecular complexity index is 781. The molecule has 4 atom stereocenters. The van der Waals surface area contributed by atoms with Crippen molar-refractivity contribution < 1.29 is 24.5 Å². The molecule has 2 aromatic carbocycles. The van der Waals surface area contributed by atoms with E-state index in [1.807, 2.05) is 74.5 Å². The molecule has 186 valence electrons. The van der Waals surface area contributed by atoms with Crippen molar-refractivity contribution in [1.29, 1.82) is 0 Å². The summed E-state index contributed by atoms with van der Waals surface area (Å²) in [5.41, 5.74) is 1.99. The number of rotatable bonds is 12. The molecule has 0 aliphatic carbocycles. The van der Waals surface area contributed by atoms with Gasteiger partial charge in [-0.2, -0.15) is 0 Å². The van der Waals surface area contributed by atoms with E-state index in [0.717, 1.165) is 11.1 Å². The minimum atomic E-state index is -1.11. The van der Waals surface area contributed by atoms with Gasteiger partial charge in [0.15, 0.2) is 0 Å². The fourth-order valence-electron chi connectivity index (χ4n) is 4.58. The number of nitrogens with zero attached hydrogens (tertiary/aromatic N) is 2. The molecular formula is C27H38N2O5. The lowest BCUT2D eigenvalue weighted by molar-refractivity contribution is -0.0426. The lowest BCUT2D eigenvalue weighted by Crippen LogP contribution is -2.52. The molecule has 7 nitrogen and oxygen atoms in total. The second-order valence-corrected chi connectivity index (χ2v) is 8.56. The van der Waals surface area contributed by atoms with E-state index in [9.17, 15) is 15.0 Å². The molecule has 2 N–H and O–H groups in total. The van der Waals surface area contributed by atoms with Crippen LogP contribution >= 0.6 is 0 Å². The average molecular weight is 471 g/mol. The highest BCUT2D eigenvalue weighted by atomic mass is 16.5. The van der Waals surface area contributed by atoms with E-state index in [2.05, 4.69) is 0 Å². The molecule has 0 saturated carbocycles. The standard InChI is InChI=1S/C27H38N2O5/c1-3-33-17-15-28-23(19-21-11-7-5-8-12-21)25(30)26(31)24(20-22-13-9-6-10-14-22)29(27(28)32)16-18-34-4-2/h5-14,23-26,30-31H,3-4,15-20H2,1-2H3. The number of hydrogen-bond donors (Lipinski definition) is 2. The number of amides is 2. The van der Waals surface area contributed by atoms with E-state index in [1.165, 1.54) is 0 Å². The molecule has 2 amide bonds. The number of benzene rings is 2. The van der Waals surface area contributed by atoms with Crippen molar-refractivity contribution in [2.45, 2.75) is 51.0 Å². The quantitative estimate of drug-likeness (QED) is 0.466. The van der Waals surface area contributed by atoms with Gasteiger partial charge in [0.1, 0.15) is 12.2 Å². The highest BCUT2D eigenvalue weighted by Gasteiger charge is 2.46. The zero-order chi connectivity index (χ0) is 24.3. The number of hydrogen-bond acceptors (Lipinski definition) is 5. The average Bonchev–Trinajstić information content (AvgIpc) is 2.92. The van der Waals surface area contributed by atoms with E-state index in [1.54, 1.807) is 9.80 Å². The monoisotopic (exact) mass is 470 g/mol. The van der Waals surface area contributed by atoms with E-state index in [0.29, 0.717) is 52.4 Å². The third-order valence-corrected chi connectivity index (χ3v) is 6.37. The van der Waals surface area contributed by atoms with Gasteiger partial charge >= 0.3 is 6.03 Å². The number of urea groups is 1. The van der Waals surface area contributed by atoms with Crippen LogP contribution in [0.1, 0.15) is 25.0 Å². The van der Waals surface area contributed by atoms with Crippen LogP contribution in [0.15, 0.2) is 60.7 Å². The summed E-state index contributed by atoms with van der Waals surface area (Å²) >= 11 is 0. The van der Waals surface area contributed by atoms with Gasteiger partial charge in [-0.1, -0.05) is 60.7 Å². The predicted octanol–water partition coefficient (Wildman–Crippen LogP) is 2.74. The van der Waals surface area contributed by atoms with Gasteiger partial charge in [-0.05, 0) is 37.8 Å². The first-order valence-corrected chi connectivity index (χ1v) is 12.2. The van der Waals surface area contributed by atoms with Gasteiger partial charge in [-0.3, -0.25) is 0 Å². The summed E-state index contributed by atoms with van der Waals surface area (Å²) in [5, 5.41) is 22.8. The molecule has 0 bridgehead atoms. The minimum Gasteiger partial charge on any atom is -0.388 e. The maximum Gasteiger partial charge on any atom is 0.320 e. The van der Waals surface area contributed by atoms with Gasteiger partial charge in [0, 0.05) is 26.3 Å². The van der Waals surface area contributed by atoms with Crippen molar-refractivity contribution in [1.82, 2.24) is 9.80 Å². The first-order chi connectivity index (χ1) is 16.6. The number of carbonyl (C=O) groups is 1. The Morgan fingerprint density at radius 1 is 0.706 bits per heavy atom. The van der Waals surface area contributed by atoms with Crippen LogP contribution < -0.4 is 0 Å². The van der Waals surface area contributed by atoms with E-state index in [-0.39, 0.29) is 6.03 Å². The summed E-state index contributed by atoms with van der Waals surface area (Å²) in [5.74, 6) is 0. The van der Waals surface area contributed by atoms with Gasteiger partial charge in [0.2, 0.25) is 0 Å². The minimum absolute atomic E-state index is 0.211. The molecule has 7 heteroatoms. The van der Waals surface area contributed by atoms with Gasteiger partial charge in [-0.15, -0.1) is 0 Å². The second-order valence-electron chi connectivity index (χ2n) is 8.56. The third kappa shape index (κ3) is 6.79. The number of aliphatic hydroxyl groups excluding tert-OH is 2. The summed E-state index contributed by atoms with van der Waals surface area (Å²) in [6, 6.07) is 18.2. The van der Waals surface area contributed by atoms with Crippen molar-refractivity contribution in [2.24, 2.45) is 0 Å². The Kier molecular flexibility index (Phi) is 10.3. The summed E-state index contributed by atoms with van der Waals surface area (Å²) in [4.78, 5) is 17.3. The number of ether oxygens (including phenoxy) is 2. The van der Waals surface area contributed by atoms with Crippen LogP contribution in [0.3, 0.4) is 0 Å². The predicted molar refractivity (Wildman–Crippen MR) is 132 cm³/mol. The van der Waals surface area contributed by atoms with E-state index < -0.39 is 24.3 Å². The summed E-state index contributed by atoms with van der Waals surface area (Å²) in [7, 11) is 0. The topological polar surface area (TPSA) is 82.5 Å². The van der Waals surface area contributed by atoms with Crippen molar-refractivity contribution in [3.63, 3.8) is 0 Å². The third-order valence-electron chi connectivity index (χ3n) is 6.37. The van der Waals surface area contributed by atoms with Crippen LogP contribution in [0.4, 0.5) is 4.79 Å². The zero-order valence-corrected chi connectivity index (χ0v) is 20.3. The highest BCUT2D eigenvalue weighted by molar-refractivity contribution is 5.76. The summed E-state index contributed by atoms with van der Waals surface area (Å²) in [6.07, 6.45) is -1.35. The fourth-order valence-corrected chi connectivity index (χ4v) is 4.58. The van der Waals surface area contributed by atoms with Crippen molar-refractivity contribution in [2.75, 3.05) is 39.5 Å². The molecule has 34 heavy (non-hydrogen) atoms. The molecule has 0 spiro atoms. The normalized spacial score (nSPS) is 23.2. The number of aliphatic hydroxyl groups is 2. The summed E-state index contributed by atoms with van der Waals surface area (Å²) in [6.45, 7) is 6.29. The van der Waals surface area contributed by atoms with Gasteiger partial charge in [0.25, 0.3) is 0 Å². The molecular weight excluding hydrogens is 432 g/mol. The molecule has 3 rings (SSSR count). The Labute approximate surface area is 202 Å². The zero-order valence-electron chi connectivity index (χ0n) is 20.3. The van der Waals surface area contributed by atoms with Crippen LogP contribution in [0.2, 0.25) is 0 Å². The molecule has 0 radical (unpaired) electrons. The Morgan fingerprint density at radius 3 is 1.44 bits per heavy atom. The Hall–Kier alpha value is -2.45. The van der Waals surface area contributed by atoms with Crippen molar-refractivity contribution >= 4 is 6.03 Å². The highest BCUT2D eigenvalue weighted by Crippen LogP contribution is 2.27. The Morgan fingerprint density at radius 2 is 1.09 bits per heavy atom. The maximum absolute atomic E-state index is 13.9. The first-order valence-electron chi connectivity index (χ1n) is 12.2. The van der Waals surface area contributed by atoms with Crippen LogP contribution in [-0.4, -0.2) is 89.9 Å². The fraction of sp³-hybridized carbons (Fsp3) is 0.519. The molecule has 1 heterocycles. The van der Waals surface area contributed by atoms with Gasteiger partial charge < -0.3 is 29.5 Å². The van der Waals surface area contributed by atoms with E-state index in [4.69, 9.17) is 9.47 Å². The van der Waals surface area contributed by atoms with Crippen LogP contribution in [-0.2, 0) is 22.3 Å². The first kappa shape index (κ1) is 26.2. The van der Waals surface area contributed by atoms with Gasteiger partial charge in [0.05, 0.1) is 25.3 Å². The smallest absolute Gasteiger partial charge is 0.320 e. The lowest BCUT2D eigenvalue weighted by Gasteiger charge is -2.35. The van der Waals surface area contributed by atoms with Crippen LogP contribution in [0, 0.1) is 0 Å². The molecule has 1 saturated heterocycles. The Balaban J connectivity index is 1.96. The maximum atomic E-state index is 13.9. The molecule has 4 unspecified atom stereocenters. The largest absolute Gasteiger partial charge is 0.388 e. The number of carbonyl (C=O) groups excluding carboxylic acids is 1. The SMILES string of the molecule is CCOCCN1C(=O)N(CCOCC)C(Cc2ccccc2)C(O)C(O)C1Cc1ccccc1. The molecule has 1 fully saturated rings. The molecule has 1 aliphatic rings. The van der Waals surface area contributed by atoms with Gasteiger partial charge in [-0.25, -0.2) is 4.79 Å². The van der Waals surface area contributed by atoms with Crippen LogP contribution in [0.5, 0.6) is 0 Å². The van der Waals surface area contributed by atoms with Crippen molar-refractivity contribution in [3.8, 4) is 0 Å². The molecule has 2 aromatic rings. The lowest BCUT2D eigenvalue weighted by atomic mass is 9.91. The summed E-state index contributed by atoms with van der Waals surface area (Å²) < 4.78 is 11.1. The second kappa shape index (κ2) is 13.4. The van der Waals surface area contributed by atoms with Crippen molar-refractivity contribution in [3.05, 3.63) is 71.8 Å². The molecule has 1 aliphatic heterocycles. The van der Waals surface area contributed by atoms with Crippen LogP contribution in [0.25, 0.3) is 0 Å². The molecule has 0 aromatic heterocycles.